The number of carboxylic acid groups (broad SMARTS) is 1. The van der Waals surface area contributed by atoms with Gasteiger partial charge in [0.2, 0.25) is 5.91 Å². The Balaban J connectivity index is 2.28. The van der Waals surface area contributed by atoms with E-state index in [1.165, 1.54) is 4.90 Å². The van der Waals surface area contributed by atoms with Crippen molar-refractivity contribution in [1.82, 2.24) is 15.5 Å². The number of carboxylic acids is 1. The quantitative estimate of drug-likeness (QED) is 0.612. The van der Waals surface area contributed by atoms with Crippen molar-refractivity contribution in [3.63, 3.8) is 0 Å². The molecule has 0 aliphatic carbocycles. The van der Waals surface area contributed by atoms with Crippen molar-refractivity contribution in [2.75, 3.05) is 19.6 Å². The van der Waals surface area contributed by atoms with Crippen LogP contribution in [-0.2, 0) is 9.59 Å². The maximum Gasteiger partial charge on any atom is 0.317 e. The highest BCUT2D eigenvalue weighted by molar-refractivity contribution is 5.79. The Morgan fingerprint density at radius 1 is 1.56 bits per heavy atom. The molecule has 0 saturated carbocycles. The molecule has 1 saturated heterocycles. The molecule has 0 aromatic carbocycles. The number of amides is 3. The summed E-state index contributed by atoms with van der Waals surface area (Å²) >= 11 is 0. The molecule has 7 heteroatoms. The van der Waals surface area contributed by atoms with Gasteiger partial charge in [-0.15, -0.1) is 0 Å². The lowest BCUT2D eigenvalue weighted by atomic mass is 10.2. The molecule has 0 spiro atoms. The van der Waals surface area contributed by atoms with Gasteiger partial charge >= 0.3 is 12.0 Å². The summed E-state index contributed by atoms with van der Waals surface area (Å²) in [4.78, 5) is 34.6. The van der Waals surface area contributed by atoms with Crippen LogP contribution in [0.25, 0.3) is 0 Å². The zero-order valence-electron chi connectivity index (χ0n) is 10.4. The Morgan fingerprint density at radius 3 is 2.78 bits per heavy atom. The molecule has 1 aliphatic rings. The zero-order valence-corrected chi connectivity index (χ0v) is 10.4. The van der Waals surface area contributed by atoms with Crippen LogP contribution in [0.2, 0.25) is 0 Å². The van der Waals surface area contributed by atoms with Crippen molar-refractivity contribution >= 4 is 17.9 Å². The number of nitrogens with one attached hydrogen (secondary N) is 2. The van der Waals surface area contributed by atoms with E-state index in [-0.39, 0.29) is 30.9 Å². The number of nitrogens with zero attached hydrogens (tertiary/aromatic N) is 1. The molecule has 102 valence electrons. The molecule has 1 unspecified atom stereocenters. The maximum atomic E-state index is 11.7. The highest BCUT2D eigenvalue weighted by Gasteiger charge is 2.21. The summed E-state index contributed by atoms with van der Waals surface area (Å²) in [6, 6.07) is -0.306. The minimum absolute atomic E-state index is 0.00692. The van der Waals surface area contributed by atoms with Crippen molar-refractivity contribution in [3.8, 4) is 0 Å². The number of carbonyl (C=O) groups excluding carboxylic acids is 2. The van der Waals surface area contributed by atoms with E-state index in [0.29, 0.717) is 19.5 Å². The van der Waals surface area contributed by atoms with Crippen molar-refractivity contribution in [1.29, 1.82) is 0 Å². The van der Waals surface area contributed by atoms with Gasteiger partial charge in [-0.05, 0) is 13.3 Å². The van der Waals surface area contributed by atoms with Crippen molar-refractivity contribution < 1.29 is 19.5 Å². The van der Waals surface area contributed by atoms with Crippen LogP contribution in [0, 0.1) is 0 Å². The van der Waals surface area contributed by atoms with E-state index in [9.17, 15) is 14.4 Å². The maximum absolute atomic E-state index is 11.7. The molecule has 7 nitrogen and oxygen atoms in total. The average molecular weight is 257 g/mol. The second-order valence-electron chi connectivity index (χ2n) is 4.21. The van der Waals surface area contributed by atoms with Crippen LogP contribution in [0.4, 0.5) is 4.79 Å². The summed E-state index contributed by atoms with van der Waals surface area (Å²) in [5.74, 6) is -0.920. The van der Waals surface area contributed by atoms with Gasteiger partial charge in [-0.1, -0.05) is 0 Å². The van der Waals surface area contributed by atoms with Gasteiger partial charge < -0.3 is 20.6 Å². The van der Waals surface area contributed by atoms with E-state index < -0.39 is 5.97 Å². The second kappa shape index (κ2) is 6.83. The van der Waals surface area contributed by atoms with Gasteiger partial charge in [-0.2, -0.15) is 0 Å². The second-order valence-corrected chi connectivity index (χ2v) is 4.21. The third-order valence-corrected chi connectivity index (χ3v) is 2.85. The van der Waals surface area contributed by atoms with Crippen molar-refractivity contribution in [3.05, 3.63) is 0 Å². The smallest absolute Gasteiger partial charge is 0.317 e. The lowest BCUT2D eigenvalue weighted by molar-refractivity contribution is -0.137. The number of urea groups is 1. The Bertz CT molecular complexity index is 332. The van der Waals surface area contributed by atoms with Crippen LogP contribution < -0.4 is 10.6 Å². The Labute approximate surface area is 106 Å². The predicted molar refractivity (Wildman–Crippen MR) is 64.1 cm³/mol. The van der Waals surface area contributed by atoms with Crippen molar-refractivity contribution in [2.45, 2.75) is 32.2 Å². The summed E-state index contributed by atoms with van der Waals surface area (Å²) in [6.45, 7) is 2.82. The van der Waals surface area contributed by atoms with Crippen LogP contribution >= 0.6 is 0 Å². The molecule has 0 radical (unpaired) electrons. The first-order valence-electron chi connectivity index (χ1n) is 6.06. The molecule has 1 heterocycles. The molecule has 1 fully saturated rings. The van der Waals surface area contributed by atoms with Gasteiger partial charge in [0.1, 0.15) is 0 Å². The van der Waals surface area contributed by atoms with E-state index in [1.807, 2.05) is 0 Å². The molecular formula is C11H19N3O4. The predicted octanol–water partition coefficient (Wildman–Crippen LogP) is -0.229. The largest absolute Gasteiger partial charge is 0.481 e. The molecule has 1 atom stereocenters. The normalized spacial score (nSPS) is 18.3. The molecule has 1 aliphatic heterocycles. The van der Waals surface area contributed by atoms with Gasteiger partial charge in [-0.3, -0.25) is 9.59 Å². The topological polar surface area (TPSA) is 98.7 Å². The Kier molecular flexibility index (Phi) is 5.41. The van der Waals surface area contributed by atoms with Gasteiger partial charge in [0.25, 0.3) is 0 Å². The summed E-state index contributed by atoms with van der Waals surface area (Å²) < 4.78 is 0. The third kappa shape index (κ3) is 4.60. The number of hydrogen-bond acceptors (Lipinski definition) is 3. The summed E-state index contributed by atoms with van der Waals surface area (Å²) in [7, 11) is 0. The van der Waals surface area contributed by atoms with E-state index in [4.69, 9.17) is 5.11 Å². The van der Waals surface area contributed by atoms with E-state index in [0.717, 1.165) is 6.42 Å². The Morgan fingerprint density at radius 2 is 2.28 bits per heavy atom. The number of aliphatic carboxylic acids is 1. The fourth-order valence-corrected chi connectivity index (χ4v) is 1.79. The number of rotatable bonds is 6. The highest BCUT2D eigenvalue weighted by atomic mass is 16.4. The van der Waals surface area contributed by atoms with Gasteiger partial charge in [0, 0.05) is 32.1 Å². The number of hydrogen-bond donors (Lipinski definition) is 3. The van der Waals surface area contributed by atoms with Gasteiger partial charge in [-0.25, -0.2) is 4.79 Å². The van der Waals surface area contributed by atoms with E-state index >= 15 is 0 Å². The molecule has 0 bridgehead atoms. The summed E-state index contributed by atoms with van der Waals surface area (Å²) in [5, 5.41) is 14.0. The third-order valence-electron chi connectivity index (χ3n) is 2.85. The first-order valence-corrected chi connectivity index (χ1v) is 6.06. The summed E-state index contributed by atoms with van der Waals surface area (Å²) in [5.41, 5.74) is 0. The van der Waals surface area contributed by atoms with Gasteiger partial charge in [0.05, 0.1) is 6.42 Å². The molecule has 0 aromatic rings. The minimum Gasteiger partial charge on any atom is -0.481 e. The van der Waals surface area contributed by atoms with Crippen LogP contribution in [-0.4, -0.2) is 53.6 Å². The van der Waals surface area contributed by atoms with Gasteiger partial charge in [0.15, 0.2) is 0 Å². The lowest BCUT2D eigenvalue weighted by Gasteiger charge is -2.21. The molecule has 0 aromatic heterocycles. The fourth-order valence-electron chi connectivity index (χ4n) is 1.79. The van der Waals surface area contributed by atoms with E-state index in [2.05, 4.69) is 10.6 Å². The standard InChI is InChI=1S/C11H19N3O4/c1-2-14(6-5-10(16)17)11(18)12-7-8-3-4-9(15)13-8/h8H,2-7H2,1H3,(H,12,18)(H,13,15)(H,16,17). The molecule has 18 heavy (non-hydrogen) atoms. The monoisotopic (exact) mass is 257 g/mol. The number of carbonyl (C=O) groups is 3. The van der Waals surface area contributed by atoms with Crippen LogP contribution in [0.15, 0.2) is 0 Å². The highest BCUT2D eigenvalue weighted by Crippen LogP contribution is 2.05. The van der Waals surface area contributed by atoms with Crippen LogP contribution in [0.1, 0.15) is 26.2 Å². The molecule has 3 amide bonds. The SMILES string of the molecule is CCN(CCC(=O)O)C(=O)NCC1CCC(=O)N1. The first kappa shape index (κ1) is 14.3. The lowest BCUT2D eigenvalue weighted by Crippen LogP contribution is -2.45. The minimum atomic E-state index is -0.927. The first-order chi connectivity index (χ1) is 8.52. The zero-order chi connectivity index (χ0) is 13.5. The van der Waals surface area contributed by atoms with Crippen LogP contribution in [0.3, 0.4) is 0 Å². The van der Waals surface area contributed by atoms with E-state index in [1.54, 1.807) is 6.92 Å². The molecule has 1 rings (SSSR count). The van der Waals surface area contributed by atoms with Crippen molar-refractivity contribution in [2.24, 2.45) is 0 Å². The Hall–Kier alpha value is -1.79. The molecule has 3 N–H and O–H groups in total. The molecular weight excluding hydrogens is 238 g/mol. The fraction of sp³-hybridized carbons (Fsp3) is 0.727. The summed E-state index contributed by atoms with van der Waals surface area (Å²) in [6.07, 6.45) is 1.15. The van der Waals surface area contributed by atoms with Crippen LogP contribution in [0.5, 0.6) is 0 Å². The average Bonchev–Trinajstić information content (AvgIpc) is 2.73.